The molecule has 0 fully saturated rings. The van der Waals surface area contributed by atoms with Gasteiger partial charge in [0.05, 0.1) is 11.5 Å². The first-order valence-corrected chi connectivity index (χ1v) is 5.04. The van der Waals surface area contributed by atoms with E-state index < -0.39 is 4.92 Å². The van der Waals surface area contributed by atoms with Gasteiger partial charge in [-0.15, -0.1) is 0 Å². The average molecular weight is 261 g/mol. The second-order valence-electron chi connectivity index (χ2n) is 3.17. The Morgan fingerprint density at radius 2 is 1.94 bits per heavy atom. The Bertz CT molecular complexity index is 349. The highest BCUT2D eigenvalue weighted by Gasteiger charge is 2.10. The number of nitrogens with zero attached hydrogens (tertiary/aromatic N) is 1. The molecule has 0 aliphatic rings. The zero-order valence-electron chi connectivity index (χ0n) is 9.23. The van der Waals surface area contributed by atoms with E-state index in [2.05, 4.69) is 10.6 Å². The summed E-state index contributed by atoms with van der Waals surface area (Å²) in [6.45, 7) is 1.83. The van der Waals surface area contributed by atoms with Gasteiger partial charge < -0.3 is 28.1 Å². The molecule has 0 aliphatic heterocycles. The van der Waals surface area contributed by atoms with Gasteiger partial charge in [-0.1, -0.05) is 12.1 Å². The van der Waals surface area contributed by atoms with Crippen molar-refractivity contribution in [3.05, 3.63) is 34.4 Å². The van der Waals surface area contributed by atoms with Crippen molar-refractivity contribution in [3.8, 4) is 0 Å². The van der Waals surface area contributed by atoms with Crippen LogP contribution in [0.15, 0.2) is 24.3 Å². The summed E-state index contributed by atoms with van der Waals surface area (Å²) in [6, 6.07) is 6.51. The highest BCUT2D eigenvalue weighted by atomic mass is 35.5. The number of nitrogens with one attached hydrogen (secondary N) is 2. The molecule has 96 valence electrons. The number of halogens is 1. The maximum atomic E-state index is 10.7. The summed E-state index contributed by atoms with van der Waals surface area (Å²) in [5.41, 5.74) is 0.586. The Labute approximate surface area is 106 Å². The van der Waals surface area contributed by atoms with E-state index in [9.17, 15) is 10.1 Å². The predicted octanol–water partition coefficient (Wildman–Crippen LogP) is -2.41. The highest BCUT2D eigenvalue weighted by Crippen LogP contribution is 2.22. The van der Waals surface area contributed by atoms with Gasteiger partial charge in [-0.25, -0.2) is 0 Å². The lowest BCUT2D eigenvalue weighted by Gasteiger charge is -2.07. The lowest BCUT2D eigenvalue weighted by Crippen LogP contribution is -3.00. The van der Waals surface area contributed by atoms with E-state index in [1.807, 2.05) is 0 Å². The van der Waals surface area contributed by atoms with Gasteiger partial charge in [-0.2, -0.15) is 0 Å². The van der Waals surface area contributed by atoms with E-state index in [4.69, 9.17) is 5.11 Å². The highest BCUT2D eigenvalue weighted by molar-refractivity contribution is 5.60. The summed E-state index contributed by atoms with van der Waals surface area (Å²) in [4.78, 5) is 10.3. The van der Waals surface area contributed by atoms with E-state index in [0.717, 1.165) is 0 Å². The number of nitro benzene ring substituents is 1. The topological polar surface area (TPSA) is 87.4 Å². The molecule has 0 saturated heterocycles. The second-order valence-corrected chi connectivity index (χ2v) is 3.17. The zero-order chi connectivity index (χ0) is 11.8. The number of nitro groups is 1. The third-order valence-electron chi connectivity index (χ3n) is 2.01. The lowest BCUT2D eigenvalue weighted by atomic mass is 10.2. The Balaban J connectivity index is 0.00000256. The van der Waals surface area contributed by atoms with Crippen LogP contribution in [0.25, 0.3) is 0 Å². The van der Waals surface area contributed by atoms with Crippen molar-refractivity contribution in [2.45, 2.75) is 0 Å². The van der Waals surface area contributed by atoms with Crippen molar-refractivity contribution in [2.75, 3.05) is 31.6 Å². The van der Waals surface area contributed by atoms with E-state index >= 15 is 0 Å². The minimum atomic E-state index is -0.413. The van der Waals surface area contributed by atoms with Crippen molar-refractivity contribution in [2.24, 2.45) is 0 Å². The van der Waals surface area contributed by atoms with Crippen molar-refractivity contribution in [1.29, 1.82) is 0 Å². The van der Waals surface area contributed by atoms with Gasteiger partial charge in [0.15, 0.2) is 0 Å². The Kier molecular flexibility index (Phi) is 8.04. The molecule has 0 atom stereocenters. The molecule has 1 aromatic carbocycles. The summed E-state index contributed by atoms with van der Waals surface area (Å²) in [5.74, 6) is 0. The zero-order valence-corrected chi connectivity index (χ0v) is 9.98. The van der Waals surface area contributed by atoms with Crippen LogP contribution in [0.5, 0.6) is 0 Å². The molecule has 0 heterocycles. The molecule has 0 unspecified atom stereocenters. The third-order valence-corrected chi connectivity index (χ3v) is 2.01. The van der Waals surface area contributed by atoms with Crippen LogP contribution >= 0.6 is 0 Å². The molecule has 1 aromatic rings. The molecule has 17 heavy (non-hydrogen) atoms. The van der Waals surface area contributed by atoms with Crippen molar-refractivity contribution in [1.82, 2.24) is 5.32 Å². The van der Waals surface area contributed by atoms with Crippen LogP contribution in [-0.4, -0.2) is 36.3 Å². The molecule has 0 aliphatic carbocycles. The molecular formula is C10H15ClN3O3-. The van der Waals surface area contributed by atoms with Gasteiger partial charge in [0.25, 0.3) is 5.69 Å². The maximum Gasteiger partial charge on any atom is 0.292 e. The molecule has 7 heteroatoms. The summed E-state index contributed by atoms with van der Waals surface area (Å²) in [5, 5.41) is 25.1. The first kappa shape index (κ1) is 15.6. The molecular weight excluding hydrogens is 246 g/mol. The number of aliphatic hydroxyl groups excluding tert-OH is 1. The van der Waals surface area contributed by atoms with Gasteiger partial charge in [0.2, 0.25) is 0 Å². The number of benzene rings is 1. The quantitative estimate of drug-likeness (QED) is 0.289. The Morgan fingerprint density at radius 3 is 2.59 bits per heavy atom. The summed E-state index contributed by atoms with van der Waals surface area (Å²) >= 11 is 0. The summed E-state index contributed by atoms with van der Waals surface area (Å²) in [6.07, 6.45) is 0. The first-order valence-electron chi connectivity index (χ1n) is 5.04. The maximum absolute atomic E-state index is 10.7. The van der Waals surface area contributed by atoms with Crippen molar-refractivity contribution < 1.29 is 22.4 Å². The standard InChI is InChI=1S/C10H15N3O3.ClH/c14-8-7-11-5-6-12-9-3-1-2-4-10(9)13(15)16;/h1-4,11-12,14H,5-8H2;1H/p-1. The number of para-hydroxylation sites is 2. The van der Waals surface area contributed by atoms with Crippen molar-refractivity contribution in [3.63, 3.8) is 0 Å². The molecule has 1 rings (SSSR count). The van der Waals surface area contributed by atoms with Crippen molar-refractivity contribution >= 4 is 11.4 Å². The third kappa shape index (κ3) is 5.48. The van der Waals surface area contributed by atoms with E-state index in [0.29, 0.717) is 25.3 Å². The molecule has 0 amide bonds. The number of aliphatic hydroxyl groups is 1. The Hall–Kier alpha value is -1.37. The lowest BCUT2D eigenvalue weighted by molar-refractivity contribution is -0.384. The molecule has 0 bridgehead atoms. The summed E-state index contributed by atoms with van der Waals surface area (Å²) < 4.78 is 0. The molecule has 3 N–H and O–H groups in total. The predicted molar refractivity (Wildman–Crippen MR) is 61.5 cm³/mol. The minimum absolute atomic E-state index is 0. The van der Waals surface area contributed by atoms with Crippen LogP contribution in [0.2, 0.25) is 0 Å². The molecule has 6 nitrogen and oxygen atoms in total. The molecule has 0 saturated carbocycles. The normalized spacial score (nSPS) is 9.47. The summed E-state index contributed by atoms with van der Waals surface area (Å²) in [7, 11) is 0. The SMILES string of the molecule is O=[N+]([O-])c1ccccc1NCCNCCO.[Cl-]. The van der Waals surface area contributed by atoms with E-state index in [-0.39, 0.29) is 24.7 Å². The number of hydrogen-bond donors (Lipinski definition) is 3. The fourth-order valence-electron chi connectivity index (χ4n) is 1.27. The molecule has 0 aromatic heterocycles. The van der Waals surface area contributed by atoms with Gasteiger partial charge in [0.1, 0.15) is 5.69 Å². The number of rotatable bonds is 7. The fraction of sp³-hybridized carbons (Fsp3) is 0.400. The van der Waals surface area contributed by atoms with E-state index in [1.54, 1.807) is 18.2 Å². The smallest absolute Gasteiger partial charge is 0.292 e. The van der Waals surface area contributed by atoms with Gasteiger partial charge in [-0.05, 0) is 6.07 Å². The van der Waals surface area contributed by atoms with Crippen LogP contribution in [0.3, 0.4) is 0 Å². The average Bonchev–Trinajstić information content (AvgIpc) is 2.29. The van der Waals surface area contributed by atoms with Gasteiger partial charge in [0, 0.05) is 25.7 Å². The van der Waals surface area contributed by atoms with Gasteiger partial charge in [-0.3, -0.25) is 10.1 Å². The molecule has 0 radical (unpaired) electrons. The molecule has 0 spiro atoms. The fourth-order valence-corrected chi connectivity index (χ4v) is 1.27. The monoisotopic (exact) mass is 260 g/mol. The number of anilines is 1. The van der Waals surface area contributed by atoms with E-state index in [1.165, 1.54) is 6.07 Å². The second kappa shape index (κ2) is 8.74. The van der Waals surface area contributed by atoms with Crippen LogP contribution in [-0.2, 0) is 0 Å². The Morgan fingerprint density at radius 1 is 1.24 bits per heavy atom. The van der Waals surface area contributed by atoms with Crippen LogP contribution in [0.1, 0.15) is 0 Å². The van der Waals surface area contributed by atoms with Crippen LogP contribution in [0, 0.1) is 10.1 Å². The van der Waals surface area contributed by atoms with Crippen LogP contribution < -0.4 is 23.0 Å². The van der Waals surface area contributed by atoms with Gasteiger partial charge >= 0.3 is 0 Å². The van der Waals surface area contributed by atoms with Crippen LogP contribution in [0.4, 0.5) is 11.4 Å². The number of hydrogen-bond acceptors (Lipinski definition) is 5. The first-order chi connectivity index (χ1) is 7.75. The minimum Gasteiger partial charge on any atom is -1.00 e. The largest absolute Gasteiger partial charge is 1.00 e.